The van der Waals surface area contributed by atoms with Crippen molar-refractivity contribution >= 4 is 12.3 Å². The molecule has 0 aliphatic carbocycles. The molecule has 0 N–H and O–H groups in total. The van der Waals surface area contributed by atoms with E-state index in [1.54, 1.807) is 4.58 Å². The van der Waals surface area contributed by atoms with Gasteiger partial charge in [0.05, 0.1) is 0 Å². The summed E-state index contributed by atoms with van der Waals surface area (Å²) < 4.78 is 6.72. The van der Waals surface area contributed by atoms with Crippen molar-refractivity contribution in [1.82, 2.24) is 0 Å². The van der Waals surface area contributed by atoms with Gasteiger partial charge in [0.1, 0.15) is 0 Å². The predicted molar refractivity (Wildman–Crippen MR) is 57.1 cm³/mol. The lowest BCUT2D eigenvalue weighted by Crippen LogP contribution is -2.17. The zero-order chi connectivity index (χ0) is 10.7. The van der Waals surface area contributed by atoms with Gasteiger partial charge < -0.3 is 4.74 Å². The number of carbonyl (C=O) groups excluding carboxylic acids is 1. The van der Waals surface area contributed by atoms with Gasteiger partial charge in [-0.25, -0.2) is 0 Å². The fourth-order valence-electron chi connectivity index (χ4n) is 1.76. The van der Waals surface area contributed by atoms with Crippen LogP contribution in [0.3, 0.4) is 0 Å². The topological polar surface area (TPSA) is 29.3 Å². The molecule has 0 spiro atoms. The van der Waals surface area contributed by atoms with E-state index in [4.69, 9.17) is 4.74 Å². The van der Waals surface area contributed by atoms with Gasteiger partial charge in [0, 0.05) is 12.0 Å². The summed E-state index contributed by atoms with van der Waals surface area (Å²) in [6, 6.07) is 9.99. The zero-order valence-electron chi connectivity index (χ0n) is 8.72. The third-order valence-electron chi connectivity index (χ3n) is 2.47. The molecule has 1 aromatic carbocycles. The highest BCUT2D eigenvalue weighted by molar-refractivity contribution is 5.67. The summed E-state index contributed by atoms with van der Waals surface area (Å²) in [5.41, 5.74) is 1.12. The van der Waals surface area contributed by atoms with Crippen LogP contribution in [0.2, 0.25) is 0 Å². The monoisotopic (exact) mass is 204 g/mol. The van der Waals surface area contributed by atoms with E-state index in [0.717, 1.165) is 12.0 Å². The standard InChI is InChI=1S/C12H14NO2/c1-2-8-13-11(9-15-12(13)14)10-6-4-3-5-7-10/h3-8,11H,2,9H2,1H3/q+1/b13-8-/t11-/m0/s1. The van der Waals surface area contributed by atoms with E-state index < -0.39 is 0 Å². The van der Waals surface area contributed by atoms with Gasteiger partial charge >= 0.3 is 6.09 Å². The van der Waals surface area contributed by atoms with Crippen LogP contribution in [0.4, 0.5) is 4.79 Å². The average molecular weight is 204 g/mol. The highest BCUT2D eigenvalue weighted by Crippen LogP contribution is 2.22. The van der Waals surface area contributed by atoms with Gasteiger partial charge in [-0.05, 0) is 0 Å². The molecular formula is C12H14NO2+. The fraction of sp³-hybridized carbons (Fsp3) is 0.333. The van der Waals surface area contributed by atoms with Gasteiger partial charge in [-0.15, -0.1) is 4.58 Å². The van der Waals surface area contributed by atoms with E-state index in [-0.39, 0.29) is 12.1 Å². The number of rotatable bonds is 2. The molecule has 3 heteroatoms. The minimum Gasteiger partial charge on any atom is -0.404 e. The molecular weight excluding hydrogens is 190 g/mol. The van der Waals surface area contributed by atoms with Crippen LogP contribution in [0, 0.1) is 0 Å². The number of carbonyl (C=O) groups is 1. The molecule has 1 amide bonds. The summed E-state index contributed by atoms with van der Waals surface area (Å²) in [5.74, 6) is 0. The summed E-state index contributed by atoms with van der Waals surface area (Å²) in [5, 5.41) is 0. The smallest absolute Gasteiger partial charge is 0.404 e. The molecule has 78 valence electrons. The maximum Gasteiger partial charge on any atom is 0.597 e. The largest absolute Gasteiger partial charge is 0.597 e. The normalized spacial score (nSPS) is 23.1. The molecule has 1 aromatic rings. The molecule has 0 radical (unpaired) electrons. The maximum atomic E-state index is 11.4. The van der Waals surface area contributed by atoms with E-state index >= 15 is 0 Å². The Balaban J connectivity index is 2.31. The van der Waals surface area contributed by atoms with E-state index in [1.165, 1.54) is 0 Å². The summed E-state index contributed by atoms with van der Waals surface area (Å²) in [6.07, 6.45) is 2.47. The van der Waals surface area contributed by atoms with Crippen molar-refractivity contribution in [3.8, 4) is 0 Å². The molecule has 3 nitrogen and oxygen atoms in total. The molecule has 1 aliphatic rings. The Bertz CT molecular complexity index is 384. The summed E-state index contributed by atoms with van der Waals surface area (Å²) in [6.45, 7) is 2.45. The first-order valence-electron chi connectivity index (χ1n) is 5.16. The number of ether oxygens (including phenoxy) is 1. The Morgan fingerprint density at radius 2 is 2.20 bits per heavy atom. The first-order valence-corrected chi connectivity index (χ1v) is 5.16. The second kappa shape index (κ2) is 4.26. The number of amides is 1. The maximum absolute atomic E-state index is 11.4. The zero-order valence-corrected chi connectivity index (χ0v) is 8.72. The van der Waals surface area contributed by atoms with Gasteiger partial charge in [0.2, 0.25) is 6.04 Å². The van der Waals surface area contributed by atoms with Gasteiger partial charge in [-0.2, -0.15) is 4.79 Å². The average Bonchev–Trinajstić information content (AvgIpc) is 2.63. The van der Waals surface area contributed by atoms with Crippen LogP contribution < -0.4 is 0 Å². The van der Waals surface area contributed by atoms with E-state index in [2.05, 4.69) is 0 Å². The molecule has 15 heavy (non-hydrogen) atoms. The van der Waals surface area contributed by atoms with Crippen LogP contribution >= 0.6 is 0 Å². The predicted octanol–water partition coefficient (Wildman–Crippen LogP) is 2.37. The molecule has 1 aliphatic heterocycles. The Morgan fingerprint density at radius 1 is 1.47 bits per heavy atom. The molecule has 1 atom stereocenters. The van der Waals surface area contributed by atoms with Crippen molar-refractivity contribution < 1.29 is 14.1 Å². The quantitative estimate of drug-likeness (QED) is 0.692. The van der Waals surface area contributed by atoms with Crippen LogP contribution in [0.1, 0.15) is 24.9 Å². The molecule has 1 heterocycles. The minimum atomic E-state index is -0.245. The summed E-state index contributed by atoms with van der Waals surface area (Å²) >= 11 is 0. The van der Waals surface area contributed by atoms with Crippen molar-refractivity contribution in [3.05, 3.63) is 35.9 Å². The van der Waals surface area contributed by atoms with Crippen molar-refractivity contribution in [2.75, 3.05) is 6.61 Å². The van der Waals surface area contributed by atoms with Gasteiger partial charge in [0.25, 0.3) is 0 Å². The lowest BCUT2D eigenvalue weighted by atomic mass is 10.1. The fourth-order valence-corrected chi connectivity index (χ4v) is 1.76. The van der Waals surface area contributed by atoms with Gasteiger partial charge in [-0.1, -0.05) is 37.3 Å². The van der Waals surface area contributed by atoms with Crippen LogP contribution in [0.15, 0.2) is 30.3 Å². The van der Waals surface area contributed by atoms with E-state index in [0.29, 0.717) is 6.61 Å². The number of hydrogen-bond donors (Lipinski definition) is 0. The SMILES string of the molecule is CC/C=[N+]1\C(=O)OC[C@H]1c1ccccc1. The molecule has 0 saturated carbocycles. The van der Waals surface area contributed by atoms with Crippen LogP contribution in [0.5, 0.6) is 0 Å². The van der Waals surface area contributed by atoms with Crippen molar-refractivity contribution in [2.24, 2.45) is 0 Å². The summed E-state index contributed by atoms with van der Waals surface area (Å²) in [4.78, 5) is 11.4. The molecule has 1 saturated heterocycles. The van der Waals surface area contributed by atoms with Gasteiger partial charge in [-0.3, -0.25) is 0 Å². The van der Waals surface area contributed by atoms with Crippen molar-refractivity contribution in [2.45, 2.75) is 19.4 Å². The summed E-state index contributed by atoms with van der Waals surface area (Å²) in [7, 11) is 0. The van der Waals surface area contributed by atoms with Crippen LogP contribution in [-0.2, 0) is 4.74 Å². The Morgan fingerprint density at radius 3 is 2.87 bits per heavy atom. The number of cyclic esters (lactones) is 1. The molecule has 2 rings (SSSR count). The van der Waals surface area contributed by atoms with Crippen LogP contribution in [-0.4, -0.2) is 23.5 Å². The third-order valence-corrected chi connectivity index (χ3v) is 2.47. The first kappa shape index (κ1) is 9.90. The highest BCUT2D eigenvalue weighted by atomic mass is 16.6. The molecule has 0 unspecified atom stereocenters. The number of nitrogens with zero attached hydrogens (tertiary/aromatic N) is 1. The number of benzene rings is 1. The van der Waals surface area contributed by atoms with Crippen LogP contribution in [0.25, 0.3) is 0 Å². The Hall–Kier alpha value is -1.64. The van der Waals surface area contributed by atoms with Crippen molar-refractivity contribution in [3.63, 3.8) is 0 Å². The molecule has 0 bridgehead atoms. The lowest BCUT2D eigenvalue weighted by molar-refractivity contribution is -0.457. The highest BCUT2D eigenvalue weighted by Gasteiger charge is 2.39. The molecule has 1 fully saturated rings. The van der Waals surface area contributed by atoms with Gasteiger partial charge in [0.15, 0.2) is 12.8 Å². The Kier molecular flexibility index (Phi) is 2.81. The lowest BCUT2D eigenvalue weighted by Gasteiger charge is -2.02. The first-order chi connectivity index (χ1) is 7.33. The van der Waals surface area contributed by atoms with E-state index in [1.807, 2.05) is 43.5 Å². The third kappa shape index (κ3) is 1.91. The second-order valence-corrected chi connectivity index (χ2v) is 3.50. The minimum absolute atomic E-state index is 0.0404. The molecule has 0 aromatic heterocycles. The van der Waals surface area contributed by atoms with Crippen molar-refractivity contribution in [1.29, 1.82) is 0 Å². The number of hydrogen-bond acceptors (Lipinski definition) is 2. The second-order valence-electron chi connectivity index (χ2n) is 3.50. The Labute approximate surface area is 89.0 Å². The van der Waals surface area contributed by atoms with E-state index in [9.17, 15) is 4.79 Å².